The quantitative estimate of drug-likeness (QED) is 0.734. The van der Waals surface area contributed by atoms with Crippen molar-refractivity contribution in [2.75, 3.05) is 6.54 Å². The van der Waals surface area contributed by atoms with Gasteiger partial charge in [-0.3, -0.25) is 0 Å². The van der Waals surface area contributed by atoms with Crippen LogP contribution in [0.5, 0.6) is 0 Å². The zero-order valence-electron chi connectivity index (χ0n) is 11.5. The van der Waals surface area contributed by atoms with Crippen molar-refractivity contribution in [3.05, 3.63) is 68.4 Å². The van der Waals surface area contributed by atoms with Crippen molar-refractivity contribution in [1.29, 1.82) is 0 Å². The van der Waals surface area contributed by atoms with E-state index < -0.39 is 5.82 Å². The molecule has 1 atom stereocenters. The second kappa shape index (κ2) is 7.46. The van der Waals surface area contributed by atoms with E-state index in [0.29, 0.717) is 16.5 Å². The second-order valence-corrected chi connectivity index (χ2v) is 5.91. The average molecular weight is 347 g/mol. The van der Waals surface area contributed by atoms with Gasteiger partial charge in [-0.15, -0.1) is 0 Å². The first-order valence-corrected chi connectivity index (χ1v) is 7.77. The highest BCUT2D eigenvalue weighted by molar-refractivity contribution is 6.33. The van der Waals surface area contributed by atoms with Crippen LogP contribution >= 0.6 is 34.8 Å². The minimum atomic E-state index is -0.422. The number of rotatable bonds is 5. The summed E-state index contributed by atoms with van der Waals surface area (Å²) >= 11 is 18.3. The molecule has 1 N–H and O–H groups in total. The van der Waals surface area contributed by atoms with E-state index in [1.54, 1.807) is 18.2 Å². The molecule has 0 amide bonds. The Labute approximate surface area is 139 Å². The molecule has 0 heterocycles. The van der Waals surface area contributed by atoms with Gasteiger partial charge in [0.1, 0.15) is 5.82 Å². The van der Waals surface area contributed by atoms with E-state index in [1.807, 2.05) is 19.1 Å². The fourth-order valence-electron chi connectivity index (χ4n) is 2.25. The molecule has 0 saturated heterocycles. The molecule has 0 aliphatic carbocycles. The van der Waals surface area contributed by atoms with Gasteiger partial charge < -0.3 is 5.32 Å². The molecule has 112 valence electrons. The second-order valence-electron chi connectivity index (χ2n) is 4.69. The van der Waals surface area contributed by atoms with E-state index in [1.165, 1.54) is 6.07 Å². The third-order valence-electron chi connectivity index (χ3n) is 3.24. The number of hydrogen-bond donors (Lipinski definition) is 1. The maximum atomic E-state index is 13.7. The SMILES string of the molecule is CCNC(Cc1cc(Cl)ccc1Cl)c1cccc(F)c1Cl. The van der Waals surface area contributed by atoms with Gasteiger partial charge in [0, 0.05) is 16.1 Å². The number of likely N-dealkylation sites (N-methyl/N-ethyl adjacent to an activating group) is 1. The van der Waals surface area contributed by atoms with Gasteiger partial charge in [0.05, 0.1) is 5.02 Å². The van der Waals surface area contributed by atoms with Crippen molar-refractivity contribution in [2.24, 2.45) is 0 Å². The summed E-state index contributed by atoms with van der Waals surface area (Å²) in [4.78, 5) is 0. The number of benzene rings is 2. The van der Waals surface area contributed by atoms with Crippen LogP contribution in [0.2, 0.25) is 15.1 Å². The van der Waals surface area contributed by atoms with Gasteiger partial charge in [0.15, 0.2) is 0 Å². The van der Waals surface area contributed by atoms with Crippen LogP contribution in [0.3, 0.4) is 0 Å². The highest BCUT2D eigenvalue weighted by Gasteiger charge is 2.18. The molecule has 0 aliphatic heterocycles. The van der Waals surface area contributed by atoms with Crippen molar-refractivity contribution >= 4 is 34.8 Å². The Bertz CT molecular complexity index is 631. The Morgan fingerprint density at radius 1 is 1.14 bits per heavy atom. The molecule has 0 radical (unpaired) electrons. The van der Waals surface area contributed by atoms with Crippen LogP contribution in [0.15, 0.2) is 36.4 Å². The van der Waals surface area contributed by atoms with Crippen LogP contribution in [-0.4, -0.2) is 6.54 Å². The van der Waals surface area contributed by atoms with Crippen LogP contribution in [0.1, 0.15) is 24.1 Å². The molecule has 2 aromatic rings. The Kier molecular flexibility index (Phi) is 5.88. The maximum Gasteiger partial charge on any atom is 0.142 e. The van der Waals surface area contributed by atoms with Gasteiger partial charge in [0.2, 0.25) is 0 Å². The van der Waals surface area contributed by atoms with Crippen molar-refractivity contribution in [1.82, 2.24) is 5.32 Å². The Morgan fingerprint density at radius 3 is 2.62 bits per heavy atom. The lowest BCUT2D eigenvalue weighted by atomic mass is 9.98. The number of nitrogens with one attached hydrogen (secondary N) is 1. The summed E-state index contributed by atoms with van der Waals surface area (Å²) in [6, 6.07) is 10.0. The summed E-state index contributed by atoms with van der Waals surface area (Å²) < 4.78 is 13.7. The monoisotopic (exact) mass is 345 g/mol. The first kappa shape index (κ1) is 16.6. The molecule has 0 bridgehead atoms. The highest BCUT2D eigenvalue weighted by Crippen LogP contribution is 2.30. The van der Waals surface area contributed by atoms with E-state index in [4.69, 9.17) is 34.8 Å². The fourth-order valence-corrected chi connectivity index (χ4v) is 2.89. The summed E-state index contributed by atoms with van der Waals surface area (Å²) in [5, 5.41) is 4.70. The number of hydrogen-bond acceptors (Lipinski definition) is 1. The highest BCUT2D eigenvalue weighted by atomic mass is 35.5. The van der Waals surface area contributed by atoms with E-state index in [2.05, 4.69) is 5.32 Å². The normalized spacial score (nSPS) is 12.4. The molecule has 0 spiro atoms. The zero-order valence-corrected chi connectivity index (χ0v) is 13.7. The summed E-state index contributed by atoms with van der Waals surface area (Å²) in [5.74, 6) is -0.422. The van der Waals surface area contributed by atoms with Gasteiger partial charge in [-0.1, -0.05) is 53.9 Å². The topological polar surface area (TPSA) is 12.0 Å². The van der Waals surface area contributed by atoms with Crippen LogP contribution in [0.4, 0.5) is 4.39 Å². The van der Waals surface area contributed by atoms with Gasteiger partial charge in [-0.2, -0.15) is 0 Å². The van der Waals surface area contributed by atoms with Crippen molar-refractivity contribution in [2.45, 2.75) is 19.4 Å². The fraction of sp³-hybridized carbons (Fsp3) is 0.250. The molecule has 0 saturated carbocycles. The van der Waals surface area contributed by atoms with Gasteiger partial charge >= 0.3 is 0 Å². The predicted octanol–water partition coefficient (Wildman–Crippen LogP) is 5.68. The van der Waals surface area contributed by atoms with Crippen molar-refractivity contribution in [3.8, 4) is 0 Å². The van der Waals surface area contributed by atoms with Crippen molar-refractivity contribution < 1.29 is 4.39 Å². The minimum absolute atomic E-state index is 0.130. The third-order valence-corrected chi connectivity index (χ3v) is 4.24. The van der Waals surface area contributed by atoms with Crippen LogP contribution < -0.4 is 5.32 Å². The van der Waals surface area contributed by atoms with Crippen molar-refractivity contribution in [3.63, 3.8) is 0 Å². The van der Waals surface area contributed by atoms with E-state index in [0.717, 1.165) is 17.7 Å². The average Bonchev–Trinajstić information content (AvgIpc) is 2.45. The molecule has 0 aromatic heterocycles. The van der Waals surface area contributed by atoms with Gasteiger partial charge in [0.25, 0.3) is 0 Å². The molecule has 2 rings (SSSR count). The maximum absolute atomic E-state index is 13.7. The first-order valence-electron chi connectivity index (χ1n) is 6.64. The molecule has 1 unspecified atom stereocenters. The molecular weight excluding hydrogens is 332 g/mol. The lowest BCUT2D eigenvalue weighted by molar-refractivity contribution is 0.543. The largest absolute Gasteiger partial charge is 0.310 e. The molecular formula is C16H15Cl3FN. The molecule has 2 aromatic carbocycles. The van der Waals surface area contributed by atoms with Crippen LogP contribution in [0, 0.1) is 5.82 Å². The minimum Gasteiger partial charge on any atom is -0.310 e. The summed E-state index contributed by atoms with van der Waals surface area (Å²) in [7, 11) is 0. The van der Waals surface area contributed by atoms with Crippen LogP contribution in [0.25, 0.3) is 0 Å². The van der Waals surface area contributed by atoms with Gasteiger partial charge in [-0.25, -0.2) is 4.39 Å². The molecule has 5 heteroatoms. The summed E-state index contributed by atoms with van der Waals surface area (Å²) in [6.07, 6.45) is 0.580. The van der Waals surface area contributed by atoms with E-state index >= 15 is 0 Å². The zero-order chi connectivity index (χ0) is 15.4. The number of halogens is 4. The standard InChI is InChI=1S/C16H15Cl3FN/c1-2-21-15(12-4-3-5-14(20)16(12)19)9-10-8-11(17)6-7-13(10)18/h3-8,15,21H,2,9H2,1H3. The molecule has 0 fully saturated rings. The lowest BCUT2D eigenvalue weighted by Gasteiger charge is -2.20. The summed E-state index contributed by atoms with van der Waals surface area (Å²) in [5.41, 5.74) is 1.62. The predicted molar refractivity (Wildman–Crippen MR) is 88.0 cm³/mol. The van der Waals surface area contributed by atoms with E-state index in [-0.39, 0.29) is 11.1 Å². The molecule has 0 aliphatic rings. The first-order chi connectivity index (χ1) is 10.0. The van der Waals surface area contributed by atoms with E-state index in [9.17, 15) is 4.39 Å². The lowest BCUT2D eigenvalue weighted by Crippen LogP contribution is -2.23. The molecule has 21 heavy (non-hydrogen) atoms. The Morgan fingerprint density at radius 2 is 1.90 bits per heavy atom. The Balaban J connectivity index is 2.35. The summed E-state index contributed by atoms with van der Waals surface area (Å²) in [6.45, 7) is 2.72. The van der Waals surface area contributed by atoms with Crippen LogP contribution in [-0.2, 0) is 6.42 Å². The Hall–Kier alpha value is -0.800. The third kappa shape index (κ3) is 4.10. The van der Waals surface area contributed by atoms with Gasteiger partial charge in [-0.05, 0) is 48.4 Å². The smallest absolute Gasteiger partial charge is 0.142 e. The molecule has 1 nitrogen and oxygen atoms in total.